The van der Waals surface area contributed by atoms with Crippen LogP contribution in [0.4, 0.5) is 8.78 Å². The predicted molar refractivity (Wildman–Crippen MR) is 33.1 cm³/mol. The Balaban J connectivity index is 2.71. The molecule has 1 rings (SSSR count). The molecule has 0 unspecified atom stereocenters. The number of rotatable bonds is 2. The van der Waals surface area contributed by atoms with Crippen molar-refractivity contribution >= 4 is 0 Å². The van der Waals surface area contributed by atoms with Gasteiger partial charge in [-0.1, -0.05) is 18.2 Å². The summed E-state index contributed by atoms with van der Waals surface area (Å²) in [6, 6.07) is 5.73. The van der Waals surface area contributed by atoms with Crippen LogP contribution in [0.25, 0.3) is 0 Å². The summed E-state index contributed by atoms with van der Waals surface area (Å²) < 4.78 is 34.2. The minimum atomic E-state index is -2.82. The summed E-state index contributed by atoms with van der Waals surface area (Å²) >= 11 is 0. The van der Waals surface area contributed by atoms with Gasteiger partial charge >= 0.3 is 6.61 Å². The summed E-state index contributed by atoms with van der Waals surface area (Å²) in [5, 5.41) is 0. The van der Waals surface area contributed by atoms with E-state index in [-0.39, 0.29) is 11.8 Å². The van der Waals surface area contributed by atoms with E-state index in [1.165, 1.54) is 24.3 Å². The first-order chi connectivity index (χ1) is 5.18. The zero-order valence-electron chi connectivity index (χ0n) is 6.05. The lowest BCUT2D eigenvalue weighted by Gasteiger charge is -2.01. The first-order valence-corrected chi connectivity index (χ1v) is 2.70. The molecular weight excluding hydrogens is 138 g/mol. The molecule has 0 aliphatic carbocycles. The minimum absolute atomic E-state index is 0.0208. The summed E-state index contributed by atoms with van der Waals surface area (Å²) in [5.41, 5.74) is 0. The molecule has 0 saturated carbocycles. The van der Waals surface area contributed by atoms with Crippen LogP contribution in [0.5, 0.6) is 5.75 Å². The van der Waals surface area contributed by atoms with E-state index in [0.29, 0.717) is 0 Å². The normalized spacial score (nSPS) is 11.3. The van der Waals surface area contributed by atoms with Gasteiger partial charge in [0, 0.05) is 0 Å². The van der Waals surface area contributed by atoms with Crippen molar-refractivity contribution in [3.63, 3.8) is 0 Å². The van der Waals surface area contributed by atoms with Gasteiger partial charge in [0.15, 0.2) is 0 Å². The number of ether oxygens (including phenoxy) is 1. The maximum absolute atomic E-state index is 11.6. The number of benzene rings is 1. The topological polar surface area (TPSA) is 9.23 Å². The molecule has 0 bridgehead atoms. The van der Waals surface area contributed by atoms with E-state index >= 15 is 0 Å². The molecule has 0 atom stereocenters. The Kier molecular flexibility index (Phi) is 1.78. The van der Waals surface area contributed by atoms with Crippen LogP contribution in [-0.2, 0) is 0 Å². The van der Waals surface area contributed by atoms with Crippen LogP contribution in [0.15, 0.2) is 30.3 Å². The van der Waals surface area contributed by atoms with Crippen LogP contribution in [0.1, 0.15) is 1.37 Å². The molecule has 0 spiro atoms. The van der Waals surface area contributed by atoms with Crippen molar-refractivity contribution < 1.29 is 14.9 Å². The predicted octanol–water partition coefficient (Wildman–Crippen LogP) is 2.29. The molecular formula is C7H6F2O. The SMILES string of the molecule is [2H]c1cccc(OC(F)F)c1. The van der Waals surface area contributed by atoms with E-state index < -0.39 is 6.61 Å². The minimum Gasteiger partial charge on any atom is -0.435 e. The Morgan fingerprint density at radius 2 is 2.20 bits per heavy atom. The second kappa shape index (κ2) is 3.15. The van der Waals surface area contributed by atoms with Crippen molar-refractivity contribution in [2.75, 3.05) is 0 Å². The molecule has 0 radical (unpaired) electrons. The maximum atomic E-state index is 11.6. The highest BCUT2D eigenvalue weighted by atomic mass is 19.3. The Morgan fingerprint density at radius 1 is 1.40 bits per heavy atom. The summed E-state index contributed by atoms with van der Waals surface area (Å²) in [6.07, 6.45) is 0. The zero-order chi connectivity index (χ0) is 8.27. The molecule has 3 heteroatoms. The zero-order valence-corrected chi connectivity index (χ0v) is 5.05. The van der Waals surface area contributed by atoms with E-state index in [2.05, 4.69) is 4.74 Å². The lowest BCUT2D eigenvalue weighted by molar-refractivity contribution is -0.0498. The van der Waals surface area contributed by atoms with Gasteiger partial charge in [-0.3, -0.25) is 0 Å². The number of para-hydroxylation sites is 1. The van der Waals surface area contributed by atoms with Gasteiger partial charge in [0.1, 0.15) is 5.75 Å². The molecule has 0 aliphatic heterocycles. The van der Waals surface area contributed by atoms with Gasteiger partial charge in [-0.2, -0.15) is 8.78 Å². The van der Waals surface area contributed by atoms with Crippen LogP contribution >= 0.6 is 0 Å². The molecule has 1 aromatic carbocycles. The first-order valence-electron chi connectivity index (χ1n) is 3.20. The van der Waals surface area contributed by atoms with E-state index in [4.69, 9.17) is 1.37 Å². The highest BCUT2D eigenvalue weighted by molar-refractivity contribution is 5.20. The fraction of sp³-hybridized carbons (Fsp3) is 0.143. The van der Waals surface area contributed by atoms with Gasteiger partial charge in [-0.25, -0.2) is 0 Å². The first kappa shape index (κ1) is 5.65. The molecule has 0 amide bonds. The largest absolute Gasteiger partial charge is 0.435 e. The smallest absolute Gasteiger partial charge is 0.387 e. The van der Waals surface area contributed by atoms with Crippen LogP contribution in [0, 0.1) is 0 Å². The van der Waals surface area contributed by atoms with Gasteiger partial charge in [0.2, 0.25) is 0 Å². The van der Waals surface area contributed by atoms with Crippen LogP contribution < -0.4 is 4.74 Å². The summed E-state index contributed by atoms with van der Waals surface area (Å²) in [4.78, 5) is 0. The average molecular weight is 145 g/mol. The molecule has 0 heterocycles. The van der Waals surface area contributed by atoms with Crippen molar-refractivity contribution in [2.24, 2.45) is 0 Å². The molecule has 0 aromatic heterocycles. The molecule has 0 saturated heterocycles. The summed E-state index contributed by atoms with van der Waals surface area (Å²) in [6.45, 7) is -2.82. The van der Waals surface area contributed by atoms with Crippen molar-refractivity contribution in [3.05, 3.63) is 30.3 Å². The third-order valence-electron chi connectivity index (χ3n) is 0.904. The number of hydrogen-bond donors (Lipinski definition) is 0. The van der Waals surface area contributed by atoms with Crippen LogP contribution in [-0.4, -0.2) is 6.61 Å². The highest BCUT2D eigenvalue weighted by Gasteiger charge is 2.01. The van der Waals surface area contributed by atoms with Gasteiger partial charge in [-0.15, -0.1) is 0 Å². The van der Waals surface area contributed by atoms with E-state index in [0.717, 1.165) is 0 Å². The number of halogens is 2. The van der Waals surface area contributed by atoms with Gasteiger partial charge in [0.25, 0.3) is 0 Å². The second-order valence-corrected chi connectivity index (χ2v) is 1.62. The Morgan fingerprint density at radius 3 is 2.80 bits per heavy atom. The van der Waals surface area contributed by atoms with Gasteiger partial charge in [0.05, 0.1) is 1.37 Å². The third kappa shape index (κ3) is 2.01. The quantitative estimate of drug-likeness (QED) is 0.620. The van der Waals surface area contributed by atoms with E-state index in [1.54, 1.807) is 0 Å². The molecule has 0 aliphatic rings. The fourth-order valence-electron chi connectivity index (χ4n) is 0.553. The van der Waals surface area contributed by atoms with Crippen molar-refractivity contribution in [3.8, 4) is 5.75 Å². The molecule has 0 N–H and O–H groups in total. The number of alkyl halides is 2. The Bertz CT molecular complexity index is 240. The summed E-state index contributed by atoms with van der Waals surface area (Å²) in [7, 11) is 0. The van der Waals surface area contributed by atoms with Crippen LogP contribution in [0.3, 0.4) is 0 Å². The lowest BCUT2D eigenvalue weighted by Crippen LogP contribution is -2.00. The van der Waals surface area contributed by atoms with Crippen molar-refractivity contribution in [1.82, 2.24) is 0 Å². The molecule has 10 heavy (non-hydrogen) atoms. The fourth-order valence-corrected chi connectivity index (χ4v) is 0.553. The highest BCUT2D eigenvalue weighted by Crippen LogP contribution is 2.11. The third-order valence-corrected chi connectivity index (χ3v) is 0.904. The second-order valence-electron chi connectivity index (χ2n) is 1.62. The molecule has 54 valence electrons. The van der Waals surface area contributed by atoms with E-state index in [1.807, 2.05) is 0 Å². The van der Waals surface area contributed by atoms with Crippen LogP contribution in [0.2, 0.25) is 0 Å². The summed E-state index contributed by atoms with van der Waals surface area (Å²) in [5.74, 6) is 0.0208. The Labute approximate surface area is 58.6 Å². The molecule has 1 aromatic rings. The van der Waals surface area contributed by atoms with Crippen molar-refractivity contribution in [1.29, 1.82) is 0 Å². The Hall–Kier alpha value is -1.12. The maximum Gasteiger partial charge on any atom is 0.387 e. The monoisotopic (exact) mass is 145 g/mol. The van der Waals surface area contributed by atoms with E-state index in [9.17, 15) is 8.78 Å². The molecule has 0 fully saturated rings. The standard InChI is InChI=1S/C7H6F2O/c8-7(9)10-6-4-2-1-3-5-6/h1-5,7H/i2D. The average Bonchev–Trinajstić information content (AvgIpc) is 1.85. The van der Waals surface area contributed by atoms with Gasteiger partial charge in [-0.05, 0) is 12.1 Å². The van der Waals surface area contributed by atoms with Gasteiger partial charge < -0.3 is 4.74 Å². The number of hydrogen-bond acceptors (Lipinski definition) is 1. The molecule has 1 nitrogen and oxygen atoms in total. The van der Waals surface area contributed by atoms with Crippen molar-refractivity contribution in [2.45, 2.75) is 6.61 Å². The lowest BCUT2D eigenvalue weighted by atomic mass is 10.3.